The molecule has 6 nitrogen and oxygen atoms in total. The molecule has 0 aromatic heterocycles. The summed E-state index contributed by atoms with van der Waals surface area (Å²) in [7, 11) is 0. The van der Waals surface area contributed by atoms with Crippen molar-refractivity contribution in [1.82, 2.24) is 10.2 Å². The average Bonchev–Trinajstić information content (AvgIpc) is 3.02. The average molecular weight is 283 g/mol. The first kappa shape index (κ1) is 15.3. The highest BCUT2D eigenvalue weighted by Gasteiger charge is 2.38. The van der Waals surface area contributed by atoms with Crippen molar-refractivity contribution in [3.8, 4) is 0 Å². The Balaban J connectivity index is 1.74. The summed E-state index contributed by atoms with van der Waals surface area (Å²) in [4.78, 5) is 26.0. The van der Waals surface area contributed by atoms with E-state index in [2.05, 4.69) is 5.32 Å². The second-order valence-corrected chi connectivity index (χ2v) is 5.69. The fourth-order valence-corrected chi connectivity index (χ4v) is 2.88. The minimum Gasteiger partial charge on any atom is -0.381 e. The highest BCUT2D eigenvalue weighted by Crippen LogP contribution is 2.29. The van der Waals surface area contributed by atoms with E-state index in [0.717, 1.165) is 25.9 Å². The van der Waals surface area contributed by atoms with Gasteiger partial charge in [0.1, 0.15) is 0 Å². The zero-order valence-corrected chi connectivity index (χ0v) is 12.0. The number of ether oxygens (including phenoxy) is 1. The van der Waals surface area contributed by atoms with Gasteiger partial charge in [0, 0.05) is 45.8 Å². The predicted octanol–water partition coefficient (Wildman–Crippen LogP) is -0.129. The van der Waals surface area contributed by atoms with Crippen molar-refractivity contribution in [1.29, 1.82) is 0 Å². The molecule has 2 heterocycles. The van der Waals surface area contributed by atoms with E-state index < -0.39 is 5.41 Å². The predicted molar refractivity (Wildman–Crippen MR) is 75.0 cm³/mol. The Labute approximate surface area is 120 Å². The molecule has 0 aliphatic carbocycles. The van der Waals surface area contributed by atoms with Crippen LogP contribution in [0, 0.1) is 5.41 Å². The summed E-state index contributed by atoms with van der Waals surface area (Å²) in [5.74, 6) is 0.106. The number of nitrogens with one attached hydrogen (secondary N) is 1. The van der Waals surface area contributed by atoms with Gasteiger partial charge in [-0.3, -0.25) is 9.59 Å². The Kier molecular flexibility index (Phi) is 5.37. The highest BCUT2D eigenvalue weighted by molar-refractivity contribution is 5.84. The van der Waals surface area contributed by atoms with Gasteiger partial charge in [-0.05, 0) is 25.7 Å². The van der Waals surface area contributed by atoms with Crippen LogP contribution in [0.2, 0.25) is 0 Å². The van der Waals surface area contributed by atoms with Gasteiger partial charge in [-0.2, -0.15) is 0 Å². The van der Waals surface area contributed by atoms with E-state index >= 15 is 0 Å². The molecule has 2 amide bonds. The molecule has 0 atom stereocenters. The molecular formula is C14H25N3O3. The molecule has 0 spiro atoms. The zero-order chi connectivity index (χ0) is 14.4. The molecule has 2 fully saturated rings. The number of carbonyl (C=O) groups excluding carboxylic acids is 2. The summed E-state index contributed by atoms with van der Waals surface area (Å²) < 4.78 is 5.29. The van der Waals surface area contributed by atoms with Gasteiger partial charge in [-0.15, -0.1) is 0 Å². The van der Waals surface area contributed by atoms with Gasteiger partial charge in [0.2, 0.25) is 11.8 Å². The van der Waals surface area contributed by atoms with Crippen LogP contribution in [0.25, 0.3) is 0 Å². The number of likely N-dealkylation sites (tertiary alicyclic amines) is 1. The molecule has 2 aliphatic heterocycles. The van der Waals surface area contributed by atoms with Crippen LogP contribution in [0.1, 0.15) is 32.1 Å². The van der Waals surface area contributed by atoms with E-state index in [9.17, 15) is 9.59 Å². The first-order valence-electron chi connectivity index (χ1n) is 7.52. The lowest BCUT2D eigenvalue weighted by molar-refractivity contribution is -0.136. The lowest BCUT2D eigenvalue weighted by Gasteiger charge is -2.34. The molecule has 114 valence electrons. The molecule has 0 aromatic rings. The first-order valence-corrected chi connectivity index (χ1v) is 7.52. The van der Waals surface area contributed by atoms with E-state index in [4.69, 9.17) is 10.5 Å². The lowest BCUT2D eigenvalue weighted by atomic mass is 9.79. The fraction of sp³-hybridized carbons (Fsp3) is 0.857. The standard InChI is InChI=1S/C14H25N3O3/c15-11-14(4-9-20-10-5-14)13(19)16-6-3-12(18)17-7-1-2-8-17/h1-11,15H2,(H,16,19). The number of carbonyl (C=O) groups is 2. The third kappa shape index (κ3) is 3.49. The topological polar surface area (TPSA) is 84.7 Å². The highest BCUT2D eigenvalue weighted by atomic mass is 16.5. The molecule has 2 aliphatic rings. The van der Waals surface area contributed by atoms with Gasteiger partial charge in [0.25, 0.3) is 0 Å². The number of nitrogens with zero attached hydrogens (tertiary/aromatic N) is 1. The second-order valence-electron chi connectivity index (χ2n) is 5.69. The summed E-state index contributed by atoms with van der Waals surface area (Å²) in [5.41, 5.74) is 5.27. The van der Waals surface area contributed by atoms with Crippen molar-refractivity contribution in [2.45, 2.75) is 32.1 Å². The fourth-order valence-electron chi connectivity index (χ4n) is 2.88. The first-order chi connectivity index (χ1) is 9.68. The molecule has 6 heteroatoms. The summed E-state index contributed by atoms with van der Waals surface area (Å²) in [6.45, 7) is 3.61. The number of hydrogen-bond acceptors (Lipinski definition) is 4. The van der Waals surface area contributed by atoms with Crippen LogP contribution in [0.15, 0.2) is 0 Å². The minimum absolute atomic E-state index is 0.0301. The van der Waals surface area contributed by atoms with Gasteiger partial charge < -0.3 is 20.7 Å². The van der Waals surface area contributed by atoms with Gasteiger partial charge in [-0.25, -0.2) is 0 Å². The summed E-state index contributed by atoms with van der Waals surface area (Å²) in [6, 6.07) is 0. The maximum atomic E-state index is 12.3. The third-order valence-corrected chi connectivity index (χ3v) is 4.41. The molecule has 3 N–H and O–H groups in total. The smallest absolute Gasteiger partial charge is 0.227 e. The van der Waals surface area contributed by atoms with E-state index in [1.165, 1.54) is 0 Å². The van der Waals surface area contributed by atoms with Crippen LogP contribution in [0.3, 0.4) is 0 Å². The molecule has 2 rings (SSSR count). The molecular weight excluding hydrogens is 258 g/mol. The van der Waals surface area contributed by atoms with Crippen molar-refractivity contribution in [2.75, 3.05) is 39.4 Å². The van der Waals surface area contributed by atoms with Crippen LogP contribution in [-0.4, -0.2) is 56.1 Å². The van der Waals surface area contributed by atoms with Gasteiger partial charge in [0.05, 0.1) is 5.41 Å². The normalized spacial score (nSPS) is 21.8. The zero-order valence-electron chi connectivity index (χ0n) is 12.0. The van der Waals surface area contributed by atoms with Gasteiger partial charge in [-0.1, -0.05) is 0 Å². The largest absolute Gasteiger partial charge is 0.381 e. The van der Waals surface area contributed by atoms with Crippen LogP contribution in [0.5, 0.6) is 0 Å². The summed E-state index contributed by atoms with van der Waals surface area (Å²) in [5, 5.41) is 2.88. The Morgan fingerprint density at radius 1 is 1.20 bits per heavy atom. The number of hydrogen-bond donors (Lipinski definition) is 2. The number of nitrogens with two attached hydrogens (primary N) is 1. The molecule has 0 radical (unpaired) electrons. The number of amides is 2. The summed E-state index contributed by atoms with van der Waals surface area (Å²) in [6.07, 6.45) is 3.89. The molecule has 20 heavy (non-hydrogen) atoms. The summed E-state index contributed by atoms with van der Waals surface area (Å²) >= 11 is 0. The van der Waals surface area contributed by atoms with Gasteiger partial charge >= 0.3 is 0 Å². The molecule has 0 unspecified atom stereocenters. The minimum atomic E-state index is -0.505. The molecule has 0 saturated carbocycles. The van der Waals surface area contributed by atoms with E-state index in [1.807, 2.05) is 4.90 Å². The quantitative estimate of drug-likeness (QED) is 0.736. The maximum absolute atomic E-state index is 12.3. The van der Waals surface area contributed by atoms with E-state index in [0.29, 0.717) is 45.6 Å². The number of rotatable bonds is 5. The lowest BCUT2D eigenvalue weighted by Crippen LogP contribution is -2.49. The van der Waals surface area contributed by atoms with Crippen molar-refractivity contribution < 1.29 is 14.3 Å². The van der Waals surface area contributed by atoms with E-state index in [-0.39, 0.29) is 11.8 Å². The van der Waals surface area contributed by atoms with Crippen molar-refractivity contribution >= 4 is 11.8 Å². The van der Waals surface area contributed by atoms with Crippen LogP contribution in [0.4, 0.5) is 0 Å². The Morgan fingerprint density at radius 2 is 1.85 bits per heavy atom. The SMILES string of the molecule is NCC1(C(=O)NCCC(=O)N2CCCC2)CCOCC1. The van der Waals surface area contributed by atoms with E-state index in [1.54, 1.807) is 0 Å². The molecule has 2 saturated heterocycles. The monoisotopic (exact) mass is 283 g/mol. The molecule has 0 aromatic carbocycles. The Bertz CT molecular complexity index is 348. The van der Waals surface area contributed by atoms with Crippen molar-refractivity contribution in [2.24, 2.45) is 11.1 Å². The Hall–Kier alpha value is -1.14. The maximum Gasteiger partial charge on any atom is 0.227 e. The Morgan fingerprint density at radius 3 is 2.45 bits per heavy atom. The van der Waals surface area contributed by atoms with Gasteiger partial charge in [0.15, 0.2) is 0 Å². The van der Waals surface area contributed by atoms with Crippen molar-refractivity contribution in [3.63, 3.8) is 0 Å². The molecule has 0 bridgehead atoms. The third-order valence-electron chi connectivity index (χ3n) is 4.41. The van der Waals surface area contributed by atoms with Crippen LogP contribution >= 0.6 is 0 Å². The second kappa shape index (κ2) is 7.04. The van der Waals surface area contributed by atoms with Crippen molar-refractivity contribution in [3.05, 3.63) is 0 Å². The van der Waals surface area contributed by atoms with Crippen LogP contribution < -0.4 is 11.1 Å². The van der Waals surface area contributed by atoms with Crippen LogP contribution in [-0.2, 0) is 14.3 Å².